The van der Waals surface area contributed by atoms with Crippen molar-refractivity contribution in [2.24, 2.45) is 0 Å². The van der Waals surface area contributed by atoms with Crippen LogP contribution in [-0.4, -0.2) is 24.6 Å². The molecular weight excluding hydrogens is 330 g/mol. The highest BCUT2D eigenvalue weighted by atomic mass is 32.2. The minimum Gasteiger partial charge on any atom is -0.507 e. The summed E-state index contributed by atoms with van der Waals surface area (Å²) in [7, 11) is -3.86. The summed E-state index contributed by atoms with van der Waals surface area (Å²) in [5.41, 5.74) is -0.227. The molecule has 0 fully saturated rings. The lowest BCUT2D eigenvalue weighted by Gasteiger charge is -2.10. The van der Waals surface area contributed by atoms with Gasteiger partial charge in [-0.1, -0.05) is 30.3 Å². The summed E-state index contributed by atoms with van der Waals surface area (Å²) in [5.74, 6) is -1.81. The van der Waals surface area contributed by atoms with Crippen molar-refractivity contribution in [3.8, 4) is 5.75 Å². The molecule has 0 aliphatic carbocycles. The molecule has 0 spiro atoms. The Morgan fingerprint density at radius 1 is 0.917 bits per heavy atom. The predicted octanol–water partition coefficient (Wildman–Crippen LogP) is 3.04. The molecule has 0 unspecified atom stereocenters. The van der Waals surface area contributed by atoms with E-state index >= 15 is 0 Å². The molecule has 122 valence electrons. The van der Waals surface area contributed by atoms with E-state index in [9.17, 15) is 18.3 Å². The Kier molecular flexibility index (Phi) is 3.86. The smallest absolute Gasteiger partial charge is 0.339 e. The first-order valence-electron chi connectivity index (χ1n) is 6.95. The molecule has 0 bridgehead atoms. The highest BCUT2D eigenvalue weighted by molar-refractivity contribution is 7.92. The average Bonchev–Trinajstić information content (AvgIpc) is 2.53. The van der Waals surface area contributed by atoms with Crippen molar-refractivity contribution in [1.82, 2.24) is 0 Å². The summed E-state index contributed by atoms with van der Waals surface area (Å²) in [6.45, 7) is 0. The van der Waals surface area contributed by atoms with E-state index in [0.717, 1.165) is 22.9 Å². The highest BCUT2D eigenvalue weighted by Crippen LogP contribution is 2.25. The zero-order valence-corrected chi connectivity index (χ0v) is 13.1. The van der Waals surface area contributed by atoms with Crippen LogP contribution in [0.4, 0.5) is 5.69 Å². The fourth-order valence-electron chi connectivity index (χ4n) is 2.32. The number of aromatic hydroxyl groups is 1. The molecule has 0 amide bonds. The standard InChI is InChI=1S/C17H13NO5S/c19-16-10-13(6-8-15(16)17(20)21)18-24(22,23)14-7-5-11-3-1-2-4-12(11)9-14/h1-10,18-19H,(H,20,21). The van der Waals surface area contributed by atoms with E-state index in [2.05, 4.69) is 4.72 Å². The molecule has 3 aromatic carbocycles. The van der Waals surface area contributed by atoms with Crippen LogP contribution < -0.4 is 4.72 Å². The molecule has 7 heteroatoms. The van der Waals surface area contributed by atoms with Crippen LogP contribution in [0.5, 0.6) is 5.75 Å². The largest absolute Gasteiger partial charge is 0.507 e. The molecule has 3 aromatic rings. The van der Waals surface area contributed by atoms with Gasteiger partial charge in [-0.25, -0.2) is 13.2 Å². The van der Waals surface area contributed by atoms with Gasteiger partial charge in [0.05, 0.1) is 10.6 Å². The summed E-state index contributed by atoms with van der Waals surface area (Å²) in [6, 6.07) is 15.6. The highest BCUT2D eigenvalue weighted by Gasteiger charge is 2.16. The number of benzene rings is 3. The first-order chi connectivity index (χ1) is 11.4. The van der Waals surface area contributed by atoms with Crippen molar-refractivity contribution in [2.45, 2.75) is 4.90 Å². The molecule has 0 atom stereocenters. The lowest BCUT2D eigenvalue weighted by Crippen LogP contribution is -2.13. The number of hydrogen-bond donors (Lipinski definition) is 3. The predicted molar refractivity (Wildman–Crippen MR) is 89.8 cm³/mol. The molecule has 6 nitrogen and oxygen atoms in total. The van der Waals surface area contributed by atoms with Gasteiger partial charge in [0.2, 0.25) is 0 Å². The third-order valence-electron chi connectivity index (χ3n) is 3.51. The monoisotopic (exact) mass is 343 g/mol. The van der Waals surface area contributed by atoms with E-state index in [1.807, 2.05) is 24.3 Å². The van der Waals surface area contributed by atoms with Crippen LogP contribution in [0.15, 0.2) is 65.6 Å². The van der Waals surface area contributed by atoms with Crippen molar-refractivity contribution in [3.63, 3.8) is 0 Å². The Balaban J connectivity index is 1.95. The minimum absolute atomic E-state index is 0.0722. The van der Waals surface area contributed by atoms with Gasteiger partial charge in [-0.05, 0) is 35.0 Å². The Morgan fingerprint density at radius 2 is 1.62 bits per heavy atom. The van der Waals surface area contributed by atoms with Crippen molar-refractivity contribution in [1.29, 1.82) is 0 Å². The molecule has 0 aromatic heterocycles. The van der Waals surface area contributed by atoms with Crippen LogP contribution in [0.3, 0.4) is 0 Å². The van der Waals surface area contributed by atoms with Crippen LogP contribution in [0.1, 0.15) is 10.4 Å². The number of phenols is 1. The van der Waals surface area contributed by atoms with Crippen molar-refractivity contribution in [2.75, 3.05) is 4.72 Å². The van der Waals surface area contributed by atoms with E-state index in [1.54, 1.807) is 12.1 Å². The topological polar surface area (TPSA) is 104 Å². The number of hydrogen-bond acceptors (Lipinski definition) is 4. The SMILES string of the molecule is O=C(O)c1ccc(NS(=O)(=O)c2ccc3ccccc3c2)cc1O. The summed E-state index contributed by atoms with van der Waals surface area (Å²) >= 11 is 0. The Morgan fingerprint density at radius 3 is 2.29 bits per heavy atom. The lowest BCUT2D eigenvalue weighted by molar-refractivity contribution is 0.0694. The number of nitrogens with one attached hydrogen (secondary N) is 1. The number of sulfonamides is 1. The van der Waals surface area contributed by atoms with Crippen LogP contribution in [0.2, 0.25) is 0 Å². The zero-order valence-electron chi connectivity index (χ0n) is 12.3. The normalized spacial score (nSPS) is 11.3. The second-order valence-electron chi connectivity index (χ2n) is 5.15. The lowest BCUT2D eigenvalue weighted by atomic mass is 10.1. The maximum Gasteiger partial charge on any atom is 0.339 e. The number of aromatic carboxylic acids is 1. The van der Waals surface area contributed by atoms with Crippen molar-refractivity contribution >= 4 is 32.5 Å². The maximum absolute atomic E-state index is 12.5. The van der Waals surface area contributed by atoms with E-state index in [1.165, 1.54) is 12.1 Å². The zero-order chi connectivity index (χ0) is 17.3. The number of carboxylic acids is 1. The van der Waals surface area contributed by atoms with Gasteiger partial charge >= 0.3 is 5.97 Å². The minimum atomic E-state index is -3.86. The quantitative estimate of drug-likeness (QED) is 0.675. The van der Waals surface area contributed by atoms with Crippen molar-refractivity contribution in [3.05, 3.63) is 66.2 Å². The van der Waals surface area contributed by atoms with Gasteiger partial charge in [0.15, 0.2) is 0 Å². The van der Waals surface area contributed by atoms with E-state index in [4.69, 9.17) is 5.11 Å². The number of carboxylic acid groups (broad SMARTS) is 1. The van der Waals surface area contributed by atoms with E-state index in [0.29, 0.717) is 0 Å². The molecule has 0 aliphatic rings. The first-order valence-corrected chi connectivity index (χ1v) is 8.43. The third kappa shape index (κ3) is 3.02. The second kappa shape index (κ2) is 5.86. The van der Waals surface area contributed by atoms with Gasteiger partial charge in [-0.2, -0.15) is 0 Å². The summed E-state index contributed by atoms with van der Waals surface area (Å²) < 4.78 is 27.3. The van der Waals surface area contributed by atoms with Gasteiger partial charge < -0.3 is 10.2 Å². The van der Waals surface area contributed by atoms with Gasteiger partial charge in [-0.15, -0.1) is 0 Å². The fraction of sp³-hybridized carbons (Fsp3) is 0. The van der Waals surface area contributed by atoms with E-state index in [-0.39, 0.29) is 16.1 Å². The van der Waals surface area contributed by atoms with Crippen LogP contribution in [0, 0.1) is 0 Å². The second-order valence-corrected chi connectivity index (χ2v) is 6.83. The molecule has 0 heterocycles. The number of carbonyl (C=O) groups is 1. The third-order valence-corrected chi connectivity index (χ3v) is 4.89. The summed E-state index contributed by atoms with van der Waals surface area (Å²) in [6.07, 6.45) is 0. The fourth-order valence-corrected chi connectivity index (χ4v) is 3.41. The molecular formula is C17H13NO5S. The molecule has 3 rings (SSSR count). The molecule has 3 N–H and O–H groups in total. The number of rotatable bonds is 4. The molecule has 0 saturated heterocycles. The van der Waals surface area contributed by atoms with Gasteiger partial charge in [0, 0.05) is 6.07 Å². The molecule has 0 radical (unpaired) electrons. The van der Waals surface area contributed by atoms with Gasteiger partial charge in [0.1, 0.15) is 11.3 Å². The van der Waals surface area contributed by atoms with Crippen molar-refractivity contribution < 1.29 is 23.4 Å². The van der Waals surface area contributed by atoms with E-state index < -0.39 is 21.7 Å². The van der Waals surface area contributed by atoms with Gasteiger partial charge in [0.25, 0.3) is 10.0 Å². The molecule has 0 saturated carbocycles. The maximum atomic E-state index is 12.5. The van der Waals surface area contributed by atoms with Gasteiger partial charge in [-0.3, -0.25) is 4.72 Å². The molecule has 24 heavy (non-hydrogen) atoms. The Bertz CT molecular complexity index is 1040. The Hall–Kier alpha value is -3.06. The van der Waals surface area contributed by atoms with Crippen LogP contribution in [-0.2, 0) is 10.0 Å². The van der Waals surface area contributed by atoms with Crippen LogP contribution >= 0.6 is 0 Å². The number of fused-ring (bicyclic) bond motifs is 1. The summed E-state index contributed by atoms with van der Waals surface area (Å²) in [4.78, 5) is 10.9. The molecule has 0 aliphatic heterocycles. The summed E-state index contributed by atoms with van der Waals surface area (Å²) in [5, 5.41) is 20.2. The Labute approximate surface area is 138 Å². The number of anilines is 1. The first kappa shape index (κ1) is 15.8. The van der Waals surface area contributed by atoms with Crippen LogP contribution in [0.25, 0.3) is 10.8 Å². The average molecular weight is 343 g/mol.